The predicted octanol–water partition coefficient (Wildman–Crippen LogP) is 3.13. The second-order valence-electron chi connectivity index (χ2n) is 6.14. The fourth-order valence-corrected chi connectivity index (χ4v) is 3.17. The van der Waals surface area contributed by atoms with E-state index in [4.69, 9.17) is 4.74 Å². The smallest absolute Gasteiger partial charge is 0.225 e. The molecule has 0 aromatic heterocycles. The first kappa shape index (κ1) is 14.5. The number of carbonyl (C=O) groups is 1. The molecule has 1 aromatic carbocycles. The second kappa shape index (κ2) is 6.56. The summed E-state index contributed by atoms with van der Waals surface area (Å²) in [7, 11) is 0. The van der Waals surface area contributed by atoms with Crippen LogP contribution in [0.5, 0.6) is 0 Å². The molecule has 0 bridgehead atoms. The van der Waals surface area contributed by atoms with E-state index in [1.165, 1.54) is 31.4 Å². The molecule has 1 saturated heterocycles. The summed E-state index contributed by atoms with van der Waals surface area (Å²) in [4.78, 5) is 14.2. The van der Waals surface area contributed by atoms with E-state index in [0.29, 0.717) is 25.6 Å². The summed E-state index contributed by atoms with van der Waals surface area (Å²) < 4.78 is 18.8. The van der Waals surface area contributed by atoms with Crippen LogP contribution in [0.1, 0.15) is 37.7 Å². The van der Waals surface area contributed by atoms with E-state index >= 15 is 0 Å². The molecular weight excluding hydrogens is 269 g/mol. The Morgan fingerprint density at radius 1 is 1.24 bits per heavy atom. The molecule has 0 N–H and O–H groups in total. The molecule has 0 spiro atoms. The minimum absolute atomic E-state index is 0.0980. The van der Waals surface area contributed by atoms with E-state index in [2.05, 4.69) is 0 Å². The van der Waals surface area contributed by atoms with E-state index in [9.17, 15) is 9.18 Å². The van der Waals surface area contributed by atoms with Crippen LogP contribution in [0.25, 0.3) is 0 Å². The van der Waals surface area contributed by atoms with Gasteiger partial charge in [-0.1, -0.05) is 31.4 Å². The quantitative estimate of drug-likeness (QED) is 0.853. The SMILES string of the molecule is O=C(C1CCCCC1)N1CC(OCc2cccc(F)c2)C1. The minimum Gasteiger partial charge on any atom is -0.370 e. The third-order valence-electron chi connectivity index (χ3n) is 4.49. The number of nitrogens with zero attached hydrogens (tertiary/aromatic N) is 1. The van der Waals surface area contributed by atoms with E-state index in [1.54, 1.807) is 6.07 Å². The Bertz CT molecular complexity index is 493. The van der Waals surface area contributed by atoms with Crippen molar-refractivity contribution in [3.63, 3.8) is 0 Å². The molecule has 1 aliphatic heterocycles. The molecule has 3 nitrogen and oxygen atoms in total. The van der Waals surface area contributed by atoms with Gasteiger partial charge in [0, 0.05) is 19.0 Å². The minimum atomic E-state index is -0.237. The van der Waals surface area contributed by atoms with Crippen LogP contribution in [0.2, 0.25) is 0 Å². The van der Waals surface area contributed by atoms with E-state index in [-0.39, 0.29) is 17.8 Å². The lowest BCUT2D eigenvalue weighted by Crippen LogP contribution is -2.56. The Labute approximate surface area is 125 Å². The number of likely N-dealkylation sites (tertiary alicyclic amines) is 1. The number of carbonyl (C=O) groups excluding carboxylic acids is 1. The maximum absolute atomic E-state index is 13.1. The van der Waals surface area contributed by atoms with Gasteiger partial charge in [-0.3, -0.25) is 4.79 Å². The molecule has 114 valence electrons. The number of benzene rings is 1. The molecule has 1 amide bonds. The highest BCUT2D eigenvalue weighted by molar-refractivity contribution is 5.79. The summed E-state index contributed by atoms with van der Waals surface area (Å²) >= 11 is 0. The molecule has 2 fully saturated rings. The standard InChI is InChI=1S/C17H22FNO2/c18-15-8-4-5-13(9-15)12-21-16-10-19(11-16)17(20)14-6-2-1-3-7-14/h4-5,8-9,14,16H,1-3,6-7,10-12H2. The second-order valence-corrected chi connectivity index (χ2v) is 6.14. The topological polar surface area (TPSA) is 29.5 Å². The Morgan fingerprint density at radius 2 is 2.00 bits per heavy atom. The average molecular weight is 291 g/mol. The molecule has 1 aliphatic carbocycles. The average Bonchev–Trinajstić information content (AvgIpc) is 2.46. The van der Waals surface area contributed by atoms with Crippen LogP contribution in [0, 0.1) is 11.7 Å². The molecule has 21 heavy (non-hydrogen) atoms. The summed E-state index contributed by atoms with van der Waals surface area (Å²) in [5, 5.41) is 0. The zero-order valence-corrected chi connectivity index (χ0v) is 12.3. The lowest BCUT2D eigenvalue weighted by atomic mass is 9.87. The number of rotatable bonds is 4. The van der Waals surface area contributed by atoms with E-state index in [1.807, 2.05) is 11.0 Å². The third kappa shape index (κ3) is 3.62. The van der Waals surface area contributed by atoms with Crippen molar-refractivity contribution in [1.82, 2.24) is 4.90 Å². The van der Waals surface area contributed by atoms with Gasteiger partial charge in [0.25, 0.3) is 0 Å². The lowest BCUT2D eigenvalue weighted by molar-refractivity contribution is -0.151. The van der Waals surface area contributed by atoms with E-state index in [0.717, 1.165) is 18.4 Å². The van der Waals surface area contributed by atoms with Gasteiger partial charge in [-0.2, -0.15) is 0 Å². The highest BCUT2D eigenvalue weighted by Crippen LogP contribution is 2.27. The normalized spacial score (nSPS) is 20.3. The van der Waals surface area contributed by atoms with Gasteiger partial charge in [-0.05, 0) is 30.5 Å². The van der Waals surface area contributed by atoms with Crippen molar-refractivity contribution in [2.75, 3.05) is 13.1 Å². The lowest BCUT2D eigenvalue weighted by Gasteiger charge is -2.41. The molecule has 1 aromatic rings. The van der Waals surface area contributed by atoms with Crippen molar-refractivity contribution in [3.8, 4) is 0 Å². The van der Waals surface area contributed by atoms with Crippen LogP contribution in [-0.4, -0.2) is 30.0 Å². The van der Waals surface area contributed by atoms with Gasteiger partial charge in [0.2, 0.25) is 5.91 Å². The molecule has 0 unspecified atom stereocenters. The Kier molecular flexibility index (Phi) is 4.54. The van der Waals surface area contributed by atoms with Crippen LogP contribution in [0.4, 0.5) is 4.39 Å². The first-order chi connectivity index (χ1) is 10.2. The van der Waals surface area contributed by atoms with Crippen molar-refractivity contribution in [2.24, 2.45) is 5.92 Å². The van der Waals surface area contributed by atoms with Crippen molar-refractivity contribution >= 4 is 5.91 Å². The number of amides is 1. The largest absolute Gasteiger partial charge is 0.370 e. The molecule has 0 atom stereocenters. The maximum Gasteiger partial charge on any atom is 0.225 e. The van der Waals surface area contributed by atoms with Gasteiger partial charge >= 0.3 is 0 Å². The van der Waals surface area contributed by atoms with Crippen LogP contribution >= 0.6 is 0 Å². The Balaban J connectivity index is 1.40. The summed E-state index contributed by atoms with van der Waals surface area (Å²) in [6.45, 7) is 1.78. The van der Waals surface area contributed by atoms with E-state index < -0.39 is 0 Å². The number of halogens is 1. The van der Waals surface area contributed by atoms with Crippen LogP contribution in [-0.2, 0) is 16.1 Å². The predicted molar refractivity (Wildman–Crippen MR) is 78.1 cm³/mol. The fraction of sp³-hybridized carbons (Fsp3) is 0.588. The Morgan fingerprint density at radius 3 is 2.71 bits per heavy atom. The van der Waals surface area contributed by atoms with Crippen molar-refractivity contribution in [1.29, 1.82) is 0 Å². The van der Waals surface area contributed by atoms with Gasteiger partial charge in [-0.15, -0.1) is 0 Å². The first-order valence-corrected chi connectivity index (χ1v) is 7.87. The summed E-state index contributed by atoms with van der Waals surface area (Å²) in [6.07, 6.45) is 5.83. The van der Waals surface area contributed by atoms with Crippen molar-refractivity contribution in [2.45, 2.75) is 44.8 Å². The molecule has 4 heteroatoms. The zero-order chi connectivity index (χ0) is 14.7. The number of hydrogen-bond donors (Lipinski definition) is 0. The first-order valence-electron chi connectivity index (χ1n) is 7.87. The monoisotopic (exact) mass is 291 g/mol. The third-order valence-corrected chi connectivity index (χ3v) is 4.49. The molecule has 2 aliphatic rings. The number of ether oxygens (including phenoxy) is 1. The van der Waals surface area contributed by atoms with Crippen molar-refractivity contribution in [3.05, 3.63) is 35.6 Å². The maximum atomic E-state index is 13.1. The van der Waals surface area contributed by atoms with Gasteiger partial charge < -0.3 is 9.64 Å². The van der Waals surface area contributed by atoms with Crippen LogP contribution < -0.4 is 0 Å². The summed E-state index contributed by atoms with van der Waals surface area (Å²) in [5.74, 6) is 0.307. The van der Waals surface area contributed by atoms with Crippen LogP contribution in [0.3, 0.4) is 0 Å². The molecule has 0 radical (unpaired) electrons. The van der Waals surface area contributed by atoms with Gasteiger partial charge in [-0.25, -0.2) is 4.39 Å². The number of hydrogen-bond acceptors (Lipinski definition) is 2. The molecule has 1 heterocycles. The molecule has 3 rings (SSSR count). The van der Waals surface area contributed by atoms with Crippen LogP contribution in [0.15, 0.2) is 24.3 Å². The highest BCUT2D eigenvalue weighted by Gasteiger charge is 2.35. The zero-order valence-electron chi connectivity index (χ0n) is 12.3. The van der Waals surface area contributed by atoms with Gasteiger partial charge in [0.05, 0.1) is 12.7 Å². The summed E-state index contributed by atoms with van der Waals surface area (Å²) in [6, 6.07) is 6.46. The highest BCUT2D eigenvalue weighted by atomic mass is 19.1. The molecule has 1 saturated carbocycles. The van der Waals surface area contributed by atoms with Gasteiger partial charge in [0.1, 0.15) is 5.82 Å². The Hall–Kier alpha value is -1.42. The molecular formula is C17H22FNO2. The van der Waals surface area contributed by atoms with Gasteiger partial charge in [0.15, 0.2) is 0 Å². The fourth-order valence-electron chi connectivity index (χ4n) is 3.17. The summed E-state index contributed by atoms with van der Waals surface area (Å²) in [5.41, 5.74) is 0.840. The van der Waals surface area contributed by atoms with Crippen molar-refractivity contribution < 1.29 is 13.9 Å².